The number of nitrogens with one attached hydrogen (secondary N) is 1. The van der Waals surface area contributed by atoms with Crippen LogP contribution in [0.5, 0.6) is 5.75 Å². The molecule has 0 saturated heterocycles. The van der Waals surface area contributed by atoms with Crippen molar-refractivity contribution in [3.05, 3.63) is 59.7 Å². The molecule has 1 aliphatic rings. The highest BCUT2D eigenvalue weighted by molar-refractivity contribution is 5.92. The second-order valence-corrected chi connectivity index (χ2v) is 6.85. The maximum atomic E-state index is 12.3. The molecule has 1 aliphatic carbocycles. The fraction of sp³-hybridized carbons (Fsp3) is 0.381. The van der Waals surface area contributed by atoms with Crippen LogP contribution in [0.4, 0.5) is 5.69 Å². The number of carbonyl (C=O) groups is 1. The summed E-state index contributed by atoms with van der Waals surface area (Å²) < 4.78 is 5.80. The first-order chi connectivity index (χ1) is 12.1. The average molecular weight is 339 g/mol. The highest BCUT2D eigenvalue weighted by Gasteiger charge is 2.33. The third kappa shape index (κ3) is 4.60. The molecule has 4 heteroatoms. The van der Waals surface area contributed by atoms with E-state index < -0.39 is 5.60 Å². The van der Waals surface area contributed by atoms with Gasteiger partial charge in [0.05, 0.1) is 12.0 Å². The quantitative estimate of drug-likeness (QED) is 0.829. The summed E-state index contributed by atoms with van der Waals surface area (Å²) in [7, 11) is 0. The third-order valence-corrected chi connectivity index (χ3v) is 4.88. The minimum atomic E-state index is -0.827. The zero-order valence-corrected chi connectivity index (χ0v) is 14.6. The van der Waals surface area contributed by atoms with E-state index in [0.29, 0.717) is 19.4 Å². The van der Waals surface area contributed by atoms with Crippen molar-refractivity contribution in [2.75, 3.05) is 5.32 Å². The van der Waals surface area contributed by atoms with Crippen LogP contribution in [0.25, 0.3) is 0 Å². The van der Waals surface area contributed by atoms with Crippen molar-refractivity contribution in [3.8, 4) is 5.75 Å². The molecular formula is C21H25NO3. The predicted molar refractivity (Wildman–Crippen MR) is 98.6 cm³/mol. The Morgan fingerprint density at radius 2 is 1.84 bits per heavy atom. The molecule has 0 aromatic heterocycles. The van der Waals surface area contributed by atoms with Gasteiger partial charge in [0.15, 0.2) is 0 Å². The summed E-state index contributed by atoms with van der Waals surface area (Å²) in [4.78, 5) is 12.3. The number of hydrogen-bond donors (Lipinski definition) is 2. The normalized spacial score (nSPS) is 15.8. The van der Waals surface area contributed by atoms with Crippen molar-refractivity contribution in [1.82, 2.24) is 0 Å². The first-order valence-corrected chi connectivity index (χ1v) is 8.84. The molecular weight excluding hydrogens is 314 g/mol. The van der Waals surface area contributed by atoms with Crippen LogP contribution in [0.2, 0.25) is 0 Å². The number of rotatable bonds is 6. The van der Waals surface area contributed by atoms with Crippen LogP contribution in [0.3, 0.4) is 0 Å². The van der Waals surface area contributed by atoms with E-state index in [2.05, 4.69) is 5.32 Å². The predicted octanol–water partition coefficient (Wildman–Crippen LogP) is 4.21. The highest BCUT2D eigenvalue weighted by Crippen LogP contribution is 2.32. The van der Waals surface area contributed by atoms with Gasteiger partial charge in [0, 0.05) is 5.69 Å². The lowest BCUT2D eigenvalue weighted by molar-refractivity contribution is -0.120. The van der Waals surface area contributed by atoms with Gasteiger partial charge < -0.3 is 15.2 Å². The topological polar surface area (TPSA) is 58.6 Å². The Morgan fingerprint density at radius 3 is 2.56 bits per heavy atom. The van der Waals surface area contributed by atoms with Gasteiger partial charge >= 0.3 is 0 Å². The first-order valence-electron chi connectivity index (χ1n) is 8.84. The van der Waals surface area contributed by atoms with Gasteiger partial charge in [-0.05, 0) is 49.1 Å². The van der Waals surface area contributed by atoms with Crippen LogP contribution in [0.1, 0.15) is 43.2 Å². The summed E-state index contributed by atoms with van der Waals surface area (Å²) in [6, 6.07) is 15.5. The van der Waals surface area contributed by atoms with Gasteiger partial charge in [0.1, 0.15) is 12.4 Å². The molecule has 0 spiro atoms. The molecule has 2 aromatic rings. The number of carbonyl (C=O) groups excluding carboxylic acids is 1. The van der Waals surface area contributed by atoms with E-state index in [1.54, 1.807) is 0 Å². The smallest absolute Gasteiger partial charge is 0.227 e. The molecule has 1 saturated carbocycles. The molecule has 0 heterocycles. The van der Waals surface area contributed by atoms with Crippen LogP contribution in [0, 0.1) is 6.92 Å². The van der Waals surface area contributed by atoms with E-state index in [-0.39, 0.29) is 12.3 Å². The lowest BCUT2D eigenvalue weighted by Crippen LogP contribution is -2.30. The second-order valence-electron chi connectivity index (χ2n) is 6.85. The fourth-order valence-corrected chi connectivity index (χ4v) is 3.36. The fourth-order valence-electron chi connectivity index (χ4n) is 3.36. The molecule has 132 valence electrons. The van der Waals surface area contributed by atoms with Crippen LogP contribution in [-0.4, -0.2) is 16.6 Å². The van der Waals surface area contributed by atoms with E-state index in [1.807, 2.05) is 55.5 Å². The van der Waals surface area contributed by atoms with Gasteiger partial charge in [-0.3, -0.25) is 4.79 Å². The molecule has 4 nitrogen and oxygen atoms in total. The molecule has 0 atom stereocenters. The average Bonchev–Trinajstić information content (AvgIpc) is 3.02. The number of para-hydroxylation sites is 1. The molecule has 25 heavy (non-hydrogen) atoms. The number of amides is 1. The largest absolute Gasteiger partial charge is 0.489 e. The minimum Gasteiger partial charge on any atom is -0.489 e. The summed E-state index contributed by atoms with van der Waals surface area (Å²) in [5, 5.41) is 13.3. The SMILES string of the molecule is Cc1c(COc2ccccc2)cccc1NC(=O)CC1(O)CCCC1. The molecule has 0 aliphatic heterocycles. The Hall–Kier alpha value is -2.33. The third-order valence-electron chi connectivity index (χ3n) is 4.88. The van der Waals surface area contributed by atoms with Gasteiger partial charge in [0.2, 0.25) is 5.91 Å². The van der Waals surface area contributed by atoms with Gasteiger partial charge in [-0.1, -0.05) is 43.2 Å². The van der Waals surface area contributed by atoms with Gasteiger partial charge in [0.25, 0.3) is 0 Å². The van der Waals surface area contributed by atoms with Crippen molar-refractivity contribution >= 4 is 11.6 Å². The summed E-state index contributed by atoms with van der Waals surface area (Å²) in [6.07, 6.45) is 3.58. The summed E-state index contributed by atoms with van der Waals surface area (Å²) in [5.74, 6) is 0.688. The van der Waals surface area contributed by atoms with Crippen LogP contribution in [-0.2, 0) is 11.4 Å². The molecule has 2 aromatic carbocycles. The second kappa shape index (κ2) is 7.70. The van der Waals surface area contributed by atoms with E-state index in [4.69, 9.17) is 4.74 Å². The van der Waals surface area contributed by atoms with Crippen LogP contribution in [0.15, 0.2) is 48.5 Å². The van der Waals surface area contributed by atoms with E-state index in [0.717, 1.165) is 35.4 Å². The molecule has 0 bridgehead atoms. The summed E-state index contributed by atoms with van der Waals surface area (Å²) in [5.41, 5.74) is 1.97. The van der Waals surface area contributed by atoms with Crippen molar-refractivity contribution in [2.24, 2.45) is 0 Å². The monoisotopic (exact) mass is 339 g/mol. The van der Waals surface area contributed by atoms with E-state index in [9.17, 15) is 9.90 Å². The Kier molecular flexibility index (Phi) is 5.39. The number of hydrogen-bond acceptors (Lipinski definition) is 3. The van der Waals surface area contributed by atoms with Crippen molar-refractivity contribution in [2.45, 2.75) is 51.2 Å². The van der Waals surface area contributed by atoms with Gasteiger partial charge in [-0.15, -0.1) is 0 Å². The maximum Gasteiger partial charge on any atom is 0.227 e. The van der Waals surface area contributed by atoms with Crippen molar-refractivity contribution in [1.29, 1.82) is 0 Å². The van der Waals surface area contributed by atoms with Crippen molar-refractivity contribution < 1.29 is 14.6 Å². The number of ether oxygens (including phenoxy) is 1. The van der Waals surface area contributed by atoms with Crippen LogP contribution >= 0.6 is 0 Å². The molecule has 1 fully saturated rings. The Bertz CT molecular complexity index is 721. The number of anilines is 1. The highest BCUT2D eigenvalue weighted by atomic mass is 16.5. The Morgan fingerprint density at radius 1 is 1.12 bits per heavy atom. The van der Waals surface area contributed by atoms with Gasteiger partial charge in [-0.25, -0.2) is 0 Å². The first kappa shape index (κ1) is 17.5. The lowest BCUT2D eigenvalue weighted by atomic mass is 9.97. The number of benzene rings is 2. The minimum absolute atomic E-state index is 0.131. The standard InChI is InChI=1S/C21H25NO3/c1-16-17(15-25-18-9-3-2-4-10-18)8-7-11-19(16)22-20(23)14-21(24)12-5-6-13-21/h2-4,7-11,24H,5-6,12-15H2,1H3,(H,22,23). The number of aliphatic hydroxyl groups is 1. The van der Waals surface area contributed by atoms with Crippen molar-refractivity contribution in [3.63, 3.8) is 0 Å². The van der Waals surface area contributed by atoms with Crippen LogP contribution < -0.4 is 10.1 Å². The Labute approximate surface area is 148 Å². The molecule has 0 unspecified atom stereocenters. The van der Waals surface area contributed by atoms with Gasteiger partial charge in [-0.2, -0.15) is 0 Å². The molecule has 3 rings (SSSR count). The zero-order chi connectivity index (χ0) is 17.7. The molecule has 2 N–H and O–H groups in total. The Balaban J connectivity index is 1.63. The summed E-state index contributed by atoms with van der Waals surface area (Å²) >= 11 is 0. The lowest BCUT2D eigenvalue weighted by Gasteiger charge is -2.21. The molecule has 1 amide bonds. The maximum absolute atomic E-state index is 12.3. The zero-order valence-electron chi connectivity index (χ0n) is 14.6. The molecule has 0 radical (unpaired) electrons. The van der Waals surface area contributed by atoms with E-state index in [1.165, 1.54) is 0 Å². The van der Waals surface area contributed by atoms with E-state index >= 15 is 0 Å². The summed E-state index contributed by atoms with van der Waals surface area (Å²) in [6.45, 7) is 2.42.